The number of phenols is 1. The minimum absolute atomic E-state index is 0.0192. The third-order valence-electron chi connectivity index (χ3n) is 3.01. The molecule has 2 aromatic rings. The molecule has 22 heavy (non-hydrogen) atoms. The number of hydrogen-bond donors (Lipinski definition) is 3. The number of fused-ring (bicyclic) bond motifs is 1. The summed E-state index contributed by atoms with van der Waals surface area (Å²) in [5, 5.41) is 14.5. The molecule has 0 aliphatic carbocycles. The van der Waals surface area contributed by atoms with Crippen LogP contribution in [0.3, 0.4) is 0 Å². The molecule has 0 spiro atoms. The molecule has 0 saturated carbocycles. The molecule has 0 atom stereocenters. The Kier molecular flexibility index (Phi) is 3.94. The van der Waals surface area contributed by atoms with Crippen molar-refractivity contribution in [2.45, 2.75) is 6.18 Å². The highest BCUT2D eigenvalue weighted by Crippen LogP contribution is 2.33. The third kappa shape index (κ3) is 2.80. The van der Waals surface area contributed by atoms with Crippen molar-refractivity contribution in [2.24, 2.45) is 0 Å². The number of benzene rings is 2. The lowest BCUT2D eigenvalue weighted by atomic mass is 10.0. The van der Waals surface area contributed by atoms with E-state index in [0.717, 1.165) is 0 Å². The number of hydrogen-bond acceptors (Lipinski definition) is 3. The molecule has 0 aromatic heterocycles. The second-order valence-corrected chi connectivity index (χ2v) is 4.39. The Morgan fingerprint density at radius 1 is 1.09 bits per heavy atom. The molecule has 8 heteroatoms. The maximum absolute atomic E-state index is 12.3. The monoisotopic (exact) mass is 312 g/mol. The Bertz CT molecular complexity index is 757. The second-order valence-electron chi connectivity index (χ2n) is 4.39. The summed E-state index contributed by atoms with van der Waals surface area (Å²) in [5.41, 5.74) is -0.132. The molecule has 0 bridgehead atoms. The molecule has 0 heterocycles. The van der Waals surface area contributed by atoms with Crippen LogP contribution in [0.4, 0.5) is 18.9 Å². The molecule has 0 aliphatic heterocycles. The summed E-state index contributed by atoms with van der Waals surface area (Å²) in [7, 11) is 1.38. The van der Waals surface area contributed by atoms with Gasteiger partial charge in [-0.1, -0.05) is 18.2 Å². The summed E-state index contributed by atoms with van der Waals surface area (Å²) in [6.07, 6.45) is -5.02. The smallest absolute Gasteiger partial charge is 0.471 e. The summed E-state index contributed by atoms with van der Waals surface area (Å²) in [6, 6.07) is 6.68. The van der Waals surface area contributed by atoms with Gasteiger partial charge < -0.3 is 15.7 Å². The summed E-state index contributed by atoms with van der Waals surface area (Å²) in [6.45, 7) is 0. The van der Waals surface area contributed by atoms with Gasteiger partial charge in [0, 0.05) is 23.5 Å². The van der Waals surface area contributed by atoms with Gasteiger partial charge in [0.1, 0.15) is 5.75 Å². The molecule has 0 fully saturated rings. The van der Waals surface area contributed by atoms with Crippen LogP contribution < -0.4 is 10.6 Å². The van der Waals surface area contributed by atoms with E-state index in [1.54, 1.807) is 5.32 Å². The van der Waals surface area contributed by atoms with Crippen LogP contribution in [0.15, 0.2) is 30.3 Å². The Hall–Kier alpha value is -2.77. The summed E-state index contributed by atoms with van der Waals surface area (Å²) < 4.78 is 36.9. The first-order valence-electron chi connectivity index (χ1n) is 6.10. The quantitative estimate of drug-likeness (QED) is 0.797. The lowest BCUT2D eigenvalue weighted by Crippen LogP contribution is -2.30. The van der Waals surface area contributed by atoms with E-state index >= 15 is 0 Å². The lowest BCUT2D eigenvalue weighted by molar-refractivity contribution is -0.167. The van der Waals surface area contributed by atoms with Crippen LogP contribution in [-0.4, -0.2) is 30.1 Å². The van der Waals surface area contributed by atoms with E-state index < -0.39 is 18.0 Å². The average Bonchev–Trinajstić information content (AvgIpc) is 2.46. The number of halogens is 3. The first-order valence-corrected chi connectivity index (χ1v) is 6.10. The number of carbonyl (C=O) groups excluding carboxylic acids is 2. The molecule has 0 aliphatic rings. The summed E-state index contributed by atoms with van der Waals surface area (Å²) >= 11 is 0. The van der Waals surface area contributed by atoms with E-state index in [0.29, 0.717) is 0 Å². The molecule has 0 radical (unpaired) electrons. The van der Waals surface area contributed by atoms with Gasteiger partial charge >= 0.3 is 12.1 Å². The largest absolute Gasteiger partial charge is 0.506 e. The molecule has 0 unspecified atom stereocenters. The number of alkyl halides is 3. The SMILES string of the molecule is CNC(=O)c1ccc2c(NC(=O)C(F)(F)F)cccc2c1O. The fourth-order valence-corrected chi connectivity index (χ4v) is 1.96. The molecule has 3 N–H and O–H groups in total. The maximum Gasteiger partial charge on any atom is 0.471 e. The highest BCUT2D eigenvalue weighted by atomic mass is 19.4. The van der Waals surface area contributed by atoms with Crippen LogP contribution in [0.2, 0.25) is 0 Å². The highest BCUT2D eigenvalue weighted by molar-refractivity contribution is 6.09. The van der Waals surface area contributed by atoms with Gasteiger partial charge in [0.25, 0.3) is 5.91 Å². The van der Waals surface area contributed by atoms with Gasteiger partial charge in [-0.05, 0) is 12.1 Å². The number of phenolic OH excluding ortho intramolecular Hbond substituents is 1. The van der Waals surface area contributed by atoms with Crippen molar-refractivity contribution in [3.05, 3.63) is 35.9 Å². The zero-order chi connectivity index (χ0) is 16.5. The van der Waals surface area contributed by atoms with Crippen LogP contribution >= 0.6 is 0 Å². The molecule has 116 valence electrons. The van der Waals surface area contributed by atoms with Crippen LogP contribution in [0.5, 0.6) is 5.75 Å². The number of anilines is 1. The maximum atomic E-state index is 12.3. The van der Waals surface area contributed by atoms with Crippen molar-refractivity contribution in [1.82, 2.24) is 5.32 Å². The number of nitrogens with one attached hydrogen (secondary N) is 2. The van der Waals surface area contributed by atoms with Gasteiger partial charge in [0.2, 0.25) is 0 Å². The van der Waals surface area contributed by atoms with Crippen LogP contribution in [-0.2, 0) is 4.79 Å². The number of carbonyl (C=O) groups is 2. The van der Waals surface area contributed by atoms with Gasteiger partial charge in [-0.3, -0.25) is 9.59 Å². The predicted octanol–water partition coefficient (Wildman–Crippen LogP) is 2.41. The third-order valence-corrected chi connectivity index (χ3v) is 3.01. The Balaban J connectivity index is 2.53. The van der Waals surface area contributed by atoms with E-state index in [4.69, 9.17) is 0 Å². The fourth-order valence-electron chi connectivity index (χ4n) is 1.96. The van der Waals surface area contributed by atoms with Crippen LogP contribution in [0.25, 0.3) is 10.8 Å². The van der Waals surface area contributed by atoms with Gasteiger partial charge in [0.15, 0.2) is 0 Å². The van der Waals surface area contributed by atoms with E-state index in [1.165, 1.54) is 37.4 Å². The van der Waals surface area contributed by atoms with Crippen molar-refractivity contribution in [3.63, 3.8) is 0 Å². The molecule has 2 amide bonds. The van der Waals surface area contributed by atoms with Gasteiger partial charge in [-0.25, -0.2) is 0 Å². The average molecular weight is 312 g/mol. The normalized spacial score (nSPS) is 11.3. The summed E-state index contributed by atoms with van der Waals surface area (Å²) in [5.74, 6) is -3.03. The van der Waals surface area contributed by atoms with E-state index in [2.05, 4.69) is 5.32 Å². The van der Waals surface area contributed by atoms with Gasteiger partial charge in [-0.15, -0.1) is 0 Å². The van der Waals surface area contributed by atoms with Crippen molar-refractivity contribution in [2.75, 3.05) is 12.4 Å². The van der Waals surface area contributed by atoms with Crippen molar-refractivity contribution in [1.29, 1.82) is 0 Å². The number of rotatable bonds is 2. The standard InChI is InChI=1S/C14H11F3N2O3/c1-18-12(21)9-6-5-7-8(11(9)20)3-2-4-10(7)19-13(22)14(15,16)17/h2-6,20H,1H3,(H,18,21)(H,19,22). The van der Waals surface area contributed by atoms with Gasteiger partial charge in [0.05, 0.1) is 5.56 Å². The second kappa shape index (κ2) is 5.55. The van der Waals surface area contributed by atoms with Gasteiger partial charge in [-0.2, -0.15) is 13.2 Å². The first-order chi connectivity index (χ1) is 10.3. The van der Waals surface area contributed by atoms with Crippen molar-refractivity contribution >= 4 is 28.3 Å². The van der Waals surface area contributed by atoms with Crippen LogP contribution in [0.1, 0.15) is 10.4 Å². The molecular weight excluding hydrogens is 301 g/mol. The van der Waals surface area contributed by atoms with E-state index in [9.17, 15) is 27.9 Å². The van der Waals surface area contributed by atoms with E-state index in [1.807, 2.05) is 0 Å². The van der Waals surface area contributed by atoms with Crippen LogP contribution in [0, 0.1) is 0 Å². The lowest BCUT2D eigenvalue weighted by Gasteiger charge is -2.12. The topological polar surface area (TPSA) is 78.4 Å². The Labute approximate surface area is 122 Å². The van der Waals surface area contributed by atoms with Crippen molar-refractivity contribution in [3.8, 4) is 5.75 Å². The minimum Gasteiger partial charge on any atom is -0.506 e. The molecule has 5 nitrogen and oxygen atoms in total. The zero-order valence-electron chi connectivity index (χ0n) is 11.3. The minimum atomic E-state index is -5.02. The Morgan fingerprint density at radius 2 is 1.77 bits per heavy atom. The molecule has 2 aromatic carbocycles. The molecule has 2 rings (SSSR count). The fraction of sp³-hybridized carbons (Fsp3) is 0.143. The Morgan fingerprint density at radius 3 is 2.36 bits per heavy atom. The van der Waals surface area contributed by atoms with E-state index in [-0.39, 0.29) is 27.8 Å². The summed E-state index contributed by atoms with van der Waals surface area (Å²) in [4.78, 5) is 22.6. The highest BCUT2D eigenvalue weighted by Gasteiger charge is 2.38. The first kappa shape index (κ1) is 15.6. The number of aromatic hydroxyl groups is 1. The van der Waals surface area contributed by atoms with Crippen molar-refractivity contribution < 1.29 is 27.9 Å². The predicted molar refractivity (Wildman–Crippen MR) is 73.7 cm³/mol. The number of amides is 2. The zero-order valence-corrected chi connectivity index (χ0v) is 11.3. The molecule has 0 saturated heterocycles. The molecular formula is C14H11F3N2O3.